The molecular weight excluding hydrogens is 260 g/mol. The number of rotatable bonds is 3. The highest BCUT2D eigenvalue weighted by atomic mass is 35.5. The fourth-order valence-electron chi connectivity index (χ4n) is 3.67. The van der Waals surface area contributed by atoms with Crippen LogP contribution in [0.5, 0.6) is 0 Å². The number of hydrogen-bond donors (Lipinski definition) is 1. The predicted octanol–water partition coefficient (Wildman–Crippen LogP) is 2.96. The van der Waals surface area contributed by atoms with Crippen LogP contribution in [0.2, 0.25) is 0 Å². The van der Waals surface area contributed by atoms with Crippen molar-refractivity contribution in [2.75, 3.05) is 13.1 Å². The molecule has 2 rings (SSSR count). The van der Waals surface area contributed by atoms with Gasteiger partial charge in [0, 0.05) is 25.6 Å². The molecular formula is C15H29ClN2O. The van der Waals surface area contributed by atoms with Crippen molar-refractivity contribution in [3.8, 4) is 0 Å². The quantitative estimate of drug-likeness (QED) is 0.868. The van der Waals surface area contributed by atoms with E-state index < -0.39 is 0 Å². The molecule has 2 aliphatic rings. The Hall–Kier alpha value is -0.280. The summed E-state index contributed by atoms with van der Waals surface area (Å²) in [5.74, 6) is 1.57. The summed E-state index contributed by atoms with van der Waals surface area (Å²) < 4.78 is 0. The van der Waals surface area contributed by atoms with Gasteiger partial charge in [-0.05, 0) is 37.5 Å². The summed E-state index contributed by atoms with van der Waals surface area (Å²) in [4.78, 5) is 14.5. The number of carbonyl (C=O) groups is 1. The van der Waals surface area contributed by atoms with Crippen LogP contribution < -0.4 is 5.73 Å². The van der Waals surface area contributed by atoms with Crippen molar-refractivity contribution in [2.45, 2.75) is 64.3 Å². The van der Waals surface area contributed by atoms with Crippen LogP contribution in [0.4, 0.5) is 0 Å². The van der Waals surface area contributed by atoms with Gasteiger partial charge in [0.05, 0.1) is 0 Å². The monoisotopic (exact) mass is 288 g/mol. The topological polar surface area (TPSA) is 46.3 Å². The van der Waals surface area contributed by atoms with E-state index in [0.717, 1.165) is 19.4 Å². The minimum atomic E-state index is 0. The van der Waals surface area contributed by atoms with Crippen molar-refractivity contribution in [3.63, 3.8) is 0 Å². The van der Waals surface area contributed by atoms with Crippen LogP contribution in [0, 0.1) is 11.8 Å². The van der Waals surface area contributed by atoms with Crippen molar-refractivity contribution in [1.29, 1.82) is 0 Å². The minimum absolute atomic E-state index is 0. The Morgan fingerprint density at radius 3 is 2.47 bits per heavy atom. The number of amides is 1. The van der Waals surface area contributed by atoms with Crippen molar-refractivity contribution in [2.24, 2.45) is 17.6 Å². The zero-order valence-electron chi connectivity index (χ0n) is 12.1. The first-order chi connectivity index (χ1) is 8.72. The van der Waals surface area contributed by atoms with Gasteiger partial charge in [0.15, 0.2) is 0 Å². The summed E-state index contributed by atoms with van der Waals surface area (Å²) in [7, 11) is 0. The van der Waals surface area contributed by atoms with Gasteiger partial charge in [-0.25, -0.2) is 0 Å². The van der Waals surface area contributed by atoms with E-state index in [9.17, 15) is 4.79 Å². The molecule has 0 aromatic heterocycles. The molecule has 2 N–H and O–H groups in total. The SMILES string of the molecule is CC1CCCN(C(=O)CC2CCCCC2)C1CN.Cl. The third-order valence-corrected chi connectivity index (χ3v) is 4.87. The van der Waals surface area contributed by atoms with Gasteiger partial charge in [-0.15, -0.1) is 12.4 Å². The smallest absolute Gasteiger partial charge is 0.223 e. The first-order valence-corrected chi connectivity index (χ1v) is 7.72. The highest BCUT2D eigenvalue weighted by Gasteiger charge is 2.31. The number of nitrogens with zero attached hydrogens (tertiary/aromatic N) is 1. The summed E-state index contributed by atoms with van der Waals surface area (Å²) in [6, 6.07) is 0.287. The lowest BCUT2D eigenvalue weighted by Crippen LogP contribution is -2.51. The molecule has 0 aromatic rings. The molecule has 1 aliphatic heterocycles. The van der Waals surface area contributed by atoms with E-state index in [1.54, 1.807) is 0 Å². The molecule has 0 spiro atoms. The Labute approximate surface area is 123 Å². The normalized spacial score (nSPS) is 28.8. The molecule has 2 atom stereocenters. The first kappa shape index (κ1) is 16.8. The maximum absolute atomic E-state index is 12.5. The summed E-state index contributed by atoms with van der Waals surface area (Å²) >= 11 is 0. The summed E-state index contributed by atoms with van der Waals surface area (Å²) in [6.45, 7) is 3.78. The Balaban J connectivity index is 0.00000180. The van der Waals surface area contributed by atoms with Crippen LogP contribution >= 0.6 is 12.4 Å². The number of nitrogens with two attached hydrogens (primary N) is 1. The van der Waals surface area contributed by atoms with E-state index in [-0.39, 0.29) is 18.4 Å². The van der Waals surface area contributed by atoms with Gasteiger partial charge in [-0.1, -0.05) is 26.2 Å². The van der Waals surface area contributed by atoms with Crippen LogP contribution in [0.3, 0.4) is 0 Å². The number of piperidine rings is 1. The summed E-state index contributed by atoms with van der Waals surface area (Å²) in [6.07, 6.45) is 9.62. The molecule has 19 heavy (non-hydrogen) atoms. The highest BCUT2D eigenvalue weighted by molar-refractivity contribution is 5.85. The van der Waals surface area contributed by atoms with Gasteiger partial charge < -0.3 is 10.6 Å². The Morgan fingerprint density at radius 2 is 1.84 bits per heavy atom. The number of halogens is 1. The predicted molar refractivity (Wildman–Crippen MR) is 81.4 cm³/mol. The van der Waals surface area contributed by atoms with Crippen LogP contribution in [0.1, 0.15) is 58.3 Å². The number of likely N-dealkylation sites (tertiary alicyclic amines) is 1. The summed E-state index contributed by atoms with van der Waals surface area (Å²) in [5, 5.41) is 0. The van der Waals surface area contributed by atoms with Gasteiger partial charge in [0.1, 0.15) is 0 Å². The van der Waals surface area contributed by atoms with Crippen LogP contribution in [-0.2, 0) is 4.79 Å². The lowest BCUT2D eigenvalue weighted by molar-refractivity contribution is -0.137. The Morgan fingerprint density at radius 1 is 1.16 bits per heavy atom. The standard InChI is InChI=1S/C15H28N2O.ClH/c1-12-6-5-9-17(14(12)11-16)15(18)10-13-7-3-2-4-8-13;/h12-14H,2-11,16H2,1H3;1H. The molecule has 3 nitrogen and oxygen atoms in total. The summed E-state index contributed by atoms with van der Waals surface area (Å²) in [5.41, 5.74) is 5.86. The van der Waals surface area contributed by atoms with Crippen molar-refractivity contribution >= 4 is 18.3 Å². The average Bonchev–Trinajstić information content (AvgIpc) is 2.39. The molecule has 1 saturated heterocycles. The molecule has 4 heteroatoms. The zero-order chi connectivity index (χ0) is 13.0. The number of hydrogen-bond acceptors (Lipinski definition) is 2. The minimum Gasteiger partial charge on any atom is -0.338 e. The molecule has 112 valence electrons. The average molecular weight is 289 g/mol. The lowest BCUT2D eigenvalue weighted by atomic mass is 9.85. The van der Waals surface area contributed by atoms with E-state index in [1.165, 1.54) is 38.5 Å². The van der Waals surface area contributed by atoms with Crippen molar-refractivity contribution in [3.05, 3.63) is 0 Å². The zero-order valence-corrected chi connectivity index (χ0v) is 13.0. The molecule has 0 radical (unpaired) electrons. The van der Waals surface area contributed by atoms with Gasteiger partial charge in [0.25, 0.3) is 0 Å². The third-order valence-electron chi connectivity index (χ3n) is 4.87. The Kier molecular flexibility index (Phi) is 7.16. The van der Waals surface area contributed by atoms with E-state index >= 15 is 0 Å². The molecule has 1 heterocycles. The highest BCUT2D eigenvalue weighted by Crippen LogP contribution is 2.29. The van der Waals surface area contributed by atoms with Crippen molar-refractivity contribution in [1.82, 2.24) is 4.90 Å². The van der Waals surface area contributed by atoms with Gasteiger partial charge >= 0.3 is 0 Å². The van der Waals surface area contributed by atoms with Crippen molar-refractivity contribution < 1.29 is 4.79 Å². The van der Waals surface area contributed by atoms with Crippen LogP contribution in [-0.4, -0.2) is 29.9 Å². The molecule has 0 bridgehead atoms. The third kappa shape index (κ3) is 4.35. The second-order valence-electron chi connectivity index (χ2n) is 6.22. The molecule has 2 unspecified atom stereocenters. The van der Waals surface area contributed by atoms with Crippen LogP contribution in [0.25, 0.3) is 0 Å². The first-order valence-electron chi connectivity index (χ1n) is 7.72. The fourth-order valence-corrected chi connectivity index (χ4v) is 3.67. The van der Waals surface area contributed by atoms with Gasteiger partial charge in [0.2, 0.25) is 5.91 Å². The second kappa shape index (κ2) is 8.11. The molecule has 0 aromatic carbocycles. The molecule has 1 amide bonds. The fraction of sp³-hybridized carbons (Fsp3) is 0.933. The van der Waals surface area contributed by atoms with E-state index in [1.807, 2.05) is 0 Å². The lowest BCUT2D eigenvalue weighted by Gasteiger charge is -2.40. The maximum Gasteiger partial charge on any atom is 0.223 e. The van der Waals surface area contributed by atoms with E-state index in [2.05, 4.69) is 11.8 Å². The second-order valence-corrected chi connectivity index (χ2v) is 6.22. The molecule has 1 saturated carbocycles. The molecule has 2 fully saturated rings. The Bertz CT molecular complexity index is 279. The van der Waals surface area contributed by atoms with E-state index in [0.29, 0.717) is 24.3 Å². The van der Waals surface area contributed by atoms with Gasteiger partial charge in [-0.2, -0.15) is 0 Å². The van der Waals surface area contributed by atoms with Crippen LogP contribution in [0.15, 0.2) is 0 Å². The number of carbonyl (C=O) groups excluding carboxylic acids is 1. The largest absolute Gasteiger partial charge is 0.338 e. The van der Waals surface area contributed by atoms with E-state index in [4.69, 9.17) is 5.73 Å². The molecule has 1 aliphatic carbocycles. The van der Waals surface area contributed by atoms with Gasteiger partial charge in [-0.3, -0.25) is 4.79 Å². The maximum atomic E-state index is 12.5.